The van der Waals surface area contributed by atoms with Crippen molar-refractivity contribution >= 4 is 19.1 Å². The van der Waals surface area contributed by atoms with E-state index < -0.39 is 14.2 Å². The maximum absolute atomic E-state index is 5.09. The summed E-state index contributed by atoms with van der Waals surface area (Å²) in [6.45, 7) is 11.8. The topological polar surface area (TPSA) is 0 Å². The first-order valence-corrected chi connectivity index (χ1v) is 43.9. The van der Waals surface area contributed by atoms with Crippen LogP contribution in [0.5, 0.6) is 0 Å². The van der Waals surface area contributed by atoms with Gasteiger partial charge in [-0.1, -0.05) is 0 Å². The van der Waals surface area contributed by atoms with Crippen LogP contribution in [0.25, 0.3) is 34.4 Å². The molecule has 0 spiro atoms. The monoisotopic (exact) mass is 804 g/mol. The van der Waals surface area contributed by atoms with Crippen molar-refractivity contribution in [3.8, 4) is 22.3 Å². The summed E-state index contributed by atoms with van der Waals surface area (Å²) in [5, 5.41) is 0. The summed E-state index contributed by atoms with van der Waals surface area (Å²) < 4.78 is 10.4. The van der Waals surface area contributed by atoms with Gasteiger partial charge in [0.1, 0.15) is 0 Å². The van der Waals surface area contributed by atoms with E-state index in [-0.39, 0.29) is 0 Å². The van der Waals surface area contributed by atoms with Crippen molar-refractivity contribution in [1.29, 1.82) is 0 Å². The first kappa shape index (κ1) is 33.0. The third-order valence-electron chi connectivity index (χ3n) is 14.2. The molecule has 0 aliphatic heterocycles. The molecule has 2 unspecified atom stereocenters. The van der Waals surface area contributed by atoms with Crippen LogP contribution in [0.3, 0.4) is 0 Å². The van der Waals surface area contributed by atoms with Gasteiger partial charge in [-0.3, -0.25) is 0 Å². The fourth-order valence-electron chi connectivity index (χ4n) is 11.0. The van der Waals surface area contributed by atoms with Crippen molar-refractivity contribution in [2.45, 2.75) is 96.7 Å². The number of hydrogen-bond acceptors (Lipinski definition) is 0. The number of fused-ring (bicyclic) bond motifs is 2. The predicted molar refractivity (Wildman–Crippen MR) is 208 cm³/mol. The Balaban J connectivity index is 1.44. The average molecular weight is 804 g/mol. The molecule has 4 aromatic carbocycles. The van der Waals surface area contributed by atoms with Crippen LogP contribution in [-0.4, -0.2) is 6.94 Å². The summed E-state index contributed by atoms with van der Waals surface area (Å²) in [5.41, 5.74) is 14.4. The zero-order valence-corrected chi connectivity index (χ0v) is 35.0. The van der Waals surface area contributed by atoms with Crippen LogP contribution in [0.4, 0.5) is 0 Å². The van der Waals surface area contributed by atoms with Crippen LogP contribution in [0.15, 0.2) is 97.1 Å². The summed E-state index contributed by atoms with van der Waals surface area (Å²) in [7, 11) is 0. The van der Waals surface area contributed by atoms with Crippen LogP contribution in [0, 0.1) is 0 Å². The van der Waals surface area contributed by atoms with E-state index in [1.165, 1.54) is 76.6 Å². The van der Waals surface area contributed by atoms with Crippen molar-refractivity contribution in [3.63, 3.8) is 0 Å². The SMILES string of the molecule is CC(C)c1cccc(-c2cccc3c2C=C[CH]3[Hf]([CH3])([CH3])([CH3])(=[SiH2])([CH]2CCCCC2)[CH]2C=Cc3c(-c4cccc(C(C)C)c4)cccc32)c1. The molecule has 0 saturated heterocycles. The molecule has 0 heterocycles. The van der Waals surface area contributed by atoms with Gasteiger partial charge >= 0.3 is 283 Å². The van der Waals surface area contributed by atoms with E-state index in [2.05, 4.69) is 158 Å². The van der Waals surface area contributed by atoms with Gasteiger partial charge in [0.15, 0.2) is 0 Å². The average Bonchev–Trinajstić information content (AvgIpc) is 3.72. The molecule has 7 rings (SSSR count). The molecule has 244 valence electrons. The Morgan fingerprint density at radius 1 is 0.574 bits per heavy atom. The summed E-state index contributed by atoms with van der Waals surface area (Å²) in [5.74, 6) is 1.04. The Hall–Kier alpha value is -2.55. The quantitative estimate of drug-likeness (QED) is 0.163. The van der Waals surface area contributed by atoms with Crippen LogP contribution in [0.1, 0.15) is 112 Å². The summed E-state index contributed by atoms with van der Waals surface area (Å²) in [4.78, 5) is 0. The first-order chi connectivity index (χ1) is 22.2. The van der Waals surface area contributed by atoms with E-state index >= 15 is 0 Å². The molecule has 0 radical (unpaired) electrons. The molecule has 0 amide bonds. The molecule has 3 aliphatic carbocycles. The molecule has 2 atom stereocenters. The number of benzene rings is 4. The van der Waals surface area contributed by atoms with Gasteiger partial charge in [-0.15, -0.1) is 0 Å². The Kier molecular flexibility index (Phi) is 7.35. The molecule has 47 heavy (non-hydrogen) atoms. The molecule has 0 nitrogen and oxygen atoms in total. The molecule has 3 aliphatic rings. The first-order valence-electron chi connectivity index (χ1n) is 18.5. The molecular formula is C45H56HfSi. The molecule has 2 heteroatoms. The standard InChI is InChI=1S/2C18H17.C6H11.3CH3.Hf.H2Si/c2*1-13(2)15-8-3-9-16(12-15)18-11-5-7-14-6-4-10-17(14)18;1-2-4-6-5-3-1;;;;;/h2*3-13H,1-2H3;1H,2-6H2;3*1H3;;1H2. The third kappa shape index (κ3) is 4.90. The van der Waals surface area contributed by atoms with Gasteiger partial charge in [0, 0.05) is 0 Å². The summed E-state index contributed by atoms with van der Waals surface area (Å²) >= 11 is -5.09. The summed E-state index contributed by atoms with van der Waals surface area (Å²) in [6.07, 6.45) is 17.3. The third-order valence-corrected chi connectivity index (χ3v) is 67.8. The summed E-state index contributed by atoms with van der Waals surface area (Å²) in [6, 6.07) is 33.1. The number of hydrogen-bond donors (Lipinski definition) is 0. The minimum absolute atomic E-state index is 0.442. The van der Waals surface area contributed by atoms with Gasteiger partial charge in [0.25, 0.3) is 0 Å². The van der Waals surface area contributed by atoms with Crippen LogP contribution in [0.2, 0.25) is 17.7 Å². The van der Waals surface area contributed by atoms with Crippen molar-refractivity contribution in [2.75, 3.05) is 0 Å². The Morgan fingerprint density at radius 3 is 1.43 bits per heavy atom. The van der Waals surface area contributed by atoms with E-state index in [0.717, 1.165) is 3.67 Å². The van der Waals surface area contributed by atoms with Gasteiger partial charge in [0.05, 0.1) is 0 Å². The van der Waals surface area contributed by atoms with Crippen molar-refractivity contribution < 1.29 is 14.2 Å². The fourth-order valence-corrected chi connectivity index (χ4v) is 56.8. The Morgan fingerprint density at radius 2 is 1.00 bits per heavy atom. The minimum atomic E-state index is -5.09. The van der Waals surface area contributed by atoms with Gasteiger partial charge in [0.2, 0.25) is 0 Å². The van der Waals surface area contributed by atoms with Gasteiger partial charge in [-0.2, -0.15) is 0 Å². The van der Waals surface area contributed by atoms with Gasteiger partial charge < -0.3 is 0 Å². The molecule has 4 aromatic rings. The number of rotatable bonds is 7. The predicted octanol–water partition coefficient (Wildman–Crippen LogP) is 13.3. The molecule has 1 saturated carbocycles. The van der Waals surface area contributed by atoms with E-state index in [1.807, 2.05) is 0 Å². The van der Waals surface area contributed by atoms with Gasteiger partial charge in [-0.25, -0.2) is 0 Å². The molecular weight excluding hydrogens is 747 g/mol. The van der Waals surface area contributed by atoms with E-state index in [1.54, 1.807) is 11.1 Å². The number of allylic oxidation sites excluding steroid dienone is 2. The van der Waals surface area contributed by atoms with Gasteiger partial charge in [-0.05, 0) is 0 Å². The second-order valence-corrected chi connectivity index (χ2v) is 99.3. The fraction of sp³-hybridized carbons (Fsp3) is 0.378. The van der Waals surface area contributed by atoms with Crippen LogP contribution < -0.4 is 0 Å². The van der Waals surface area contributed by atoms with Crippen molar-refractivity contribution in [2.24, 2.45) is 0 Å². The van der Waals surface area contributed by atoms with Crippen LogP contribution >= 0.6 is 0 Å². The normalized spacial score (nSPS) is 21.7. The maximum atomic E-state index is 2.92. The molecule has 0 N–H and O–H groups in total. The van der Waals surface area contributed by atoms with Crippen molar-refractivity contribution in [1.82, 2.24) is 0 Å². The zero-order chi connectivity index (χ0) is 33.3. The van der Waals surface area contributed by atoms with E-state index in [9.17, 15) is 0 Å². The second-order valence-electron chi connectivity index (χ2n) is 19.5. The molecule has 0 bridgehead atoms. The Labute approximate surface area is 280 Å². The zero-order valence-electron chi connectivity index (χ0n) is 30.0. The van der Waals surface area contributed by atoms with E-state index in [4.69, 9.17) is 0 Å². The van der Waals surface area contributed by atoms with Crippen molar-refractivity contribution in [3.05, 3.63) is 130 Å². The van der Waals surface area contributed by atoms with E-state index in [0.29, 0.717) is 19.2 Å². The molecule has 1 fully saturated rings. The second kappa shape index (κ2) is 10.5. The Bertz CT molecular complexity index is 1950. The molecule has 0 aromatic heterocycles. The van der Waals surface area contributed by atoms with Crippen LogP contribution in [-0.2, 0) is 14.2 Å².